The summed E-state index contributed by atoms with van der Waals surface area (Å²) in [6, 6.07) is 0.340. The summed E-state index contributed by atoms with van der Waals surface area (Å²) in [6.45, 7) is 4.54. The lowest BCUT2D eigenvalue weighted by Crippen LogP contribution is -2.04. The van der Waals surface area contributed by atoms with E-state index in [1.165, 1.54) is 6.33 Å². The molecule has 6 heteroatoms. The van der Waals surface area contributed by atoms with Crippen LogP contribution < -0.4 is 4.74 Å². The lowest BCUT2D eigenvalue weighted by molar-refractivity contribution is 0.289. The van der Waals surface area contributed by atoms with Crippen LogP contribution in [-0.4, -0.2) is 24.5 Å². The van der Waals surface area contributed by atoms with Crippen LogP contribution in [0.15, 0.2) is 18.7 Å². The maximum Gasteiger partial charge on any atom is 0.164 e. The highest BCUT2D eigenvalue weighted by Crippen LogP contribution is 2.13. The first-order valence-electron chi connectivity index (χ1n) is 5.16. The average molecular weight is 221 g/mol. The van der Waals surface area contributed by atoms with Crippen LogP contribution in [0.2, 0.25) is 0 Å². The number of aryl methyl sites for hydroxylation is 1. The van der Waals surface area contributed by atoms with Crippen LogP contribution in [0.25, 0.3) is 0 Å². The predicted octanol–water partition coefficient (Wildman–Crippen LogP) is 1.17. The van der Waals surface area contributed by atoms with E-state index in [0.717, 1.165) is 11.6 Å². The van der Waals surface area contributed by atoms with Crippen molar-refractivity contribution in [1.29, 1.82) is 0 Å². The summed E-state index contributed by atoms with van der Waals surface area (Å²) in [5.74, 6) is 1.54. The van der Waals surface area contributed by atoms with Crippen molar-refractivity contribution in [2.45, 2.75) is 26.5 Å². The summed E-state index contributed by atoms with van der Waals surface area (Å²) < 4.78 is 9.10. The number of rotatable bonds is 4. The van der Waals surface area contributed by atoms with E-state index in [-0.39, 0.29) is 0 Å². The highest BCUT2D eigenvalue weighted by molar-refractivity contribution is 5.12. The molecule has 0 aliphatic rings. The Balaban J connectivity index is 1.97. The minimum atomic E-state index is 0.340. The van der Waals surface area contributed by atoms with E-state index in [2.05, 4.69) is 29.0 Å². The Bertz CT molecular complexity index is 459. The van der Waals surface area contributed by atoms with E-state index < -0.39 is 0 Å². The second kappa shape index (κ2) is 4.34. The molecule has 2 aromatic rings. The van der Waals surface area contributed by atoms with Gasteiger partial charge in [-0.15, -0.1) is 0 Å². The fourth-order valence-electron chi connectivity index (χ4n) is 1.28. The van der Waals surface area contributed by atoms with Crippen LogP contribution in [0.1, 0.15) is 25.7 Å². The Kier molecular flexibility index (Phi) is 2.89. The highest BCUT2D eigenvalue weighted by atomic mass is 16.5. The minimum Gasteiger partial charge on any atom is -0.482 e. The van der Waals surface area contributed by atoms with Crippen molar-refractivity contribution < 1.29 is 4.74 Å². The van der Waals surface area contributed by atoms with E-state index in [9.17, 15) is 0 Å². The normalized spacial score (nSPS) is 11.0. The molecule has 16 heavy (non-hydrogen) atoms. The van der Waals surface area contributed by atoms with Crippen LogP contribution in [0.3, 0.4) is 0 Å². The zero-order valence-corrected chi connectivity index (χ0v) is 9.66. The first-order valence-corrected chi connectivity index (χ1v) is 5.16. The van der Waals surface area contributed by atoms with Crippen LogP contribution in [0.5, 0.6) is 5.75 Å². The molecule has 0 fully saturated rings. The molecule has 0 spiro atoms. The summed E-state index contributed by atoms with van der Waals surface area (Å²) in [6.07, 6.45) is 5.09. The molecule has 0 unspecified atom stereocenters. The maximum absolute atomic E-state index is 5.56. The maximum atomic E-state index is 5.56. The van der Waals surface area contributed by atoms with Gasteiger partial charge in [0.05, 0.1) is 12.4 Å². The molecule has 0 saturated carbocycles. The molecular weight excluding hydrogens is 206 g/mol. The molecule has 0 radical (unpaired) electrons. The third-order valence-electron chi connectivity index (χ3n) is 2.28. The SMILES string of the molecule is CC(C)n1cc(OCc2ncnn2C)cn1. The molecule has 0 N–H and O–H groups in total. The van der Waals surface area contributed by atoms with Crippen molar-refractivity contribution in [2.24, 2.45) is 7.05 Å². The fraction of sp³-hybridized carbons (Fsp3) is 0.500. The minimum absolute atomic E-state index is 0.340. The van der Waals surface area contributed by atoms with Gasteiger partial charge < -0.3 is 4.74 Å². The number of hydrogen-bond acceptors (Lipinski definition) is 4. The summed E-state index contributed by atoms with van der Waals surface area (Å²) in [5, 5.41) is 8.15. The molecule has 0 bridgehead atoms. The largest absolute Gasteiger partial charge is 0.482 e. The van der Waals surface area contributed by atoms with Crippen molar-refractivity contribution in [2.75, 3.05) is 0 Å². The molecule has 86 valence electrons. The van der Waals surface area contributed by atoms with Crippen molar-refractivity contribution in [1.82, 2.24) is 24.5 Å². The van der Waals surface area contributed by atoms with Gasteiger partial charge in [0.2, 0.25) is 0 Å². The topological polar surface area (TPSA) is 57.8 Å². The molecule has 0 saturated heterocycles. The summed E-state index contributed by atoms with van der Waals surface area (Å²) in [4.78, 5) is 4.07. The van der Waals surface area contributed by atoms with E-state index in [4.69, 9.17) is 4.74 Å². The lowest BCUT2D eigenvalue weighted by Gasteiger charge is -2.04. The van der Waals surface area contributed by atoms with Crippen LogP contribution >= 0.6 is 0 Å². The van der Waals surface area contributed by atoms with Crippen molar-refractivity contribution >= 4 is 0 Å². The molecule has 2 aromatic heterocycles. The molecular formula is C10H15N5O. The highest BCUT2D eigenvalue weighted by Gasteiger charge is 2.05. The van der Waals surface area contributed by atoms with Gasteiger partial charge in [-0.1, -0.05) is 0 Å². The molecule has 0 amide bonds. The zero-order chi connectivity index (χ0) is 11.5. The molecule has 0 atom stereocenters. The zero-order valence-electron chi connectivity index (χ0n) is 9.66. The Morgan fingerprint density at radius 1 is 1.38 bits per heavy atom. The quantitative estimate of drug-likeness (QED) is 0.777. The Morgan fingerprint density at radius 2 is 2.19 bits per heavy atom. The van der Waals surface area contributed by atoms with E-state index in [1.54, 1.807) is 10.9 Å². The van der Waals surface area contributed by atoms with Gasteiger partial charge in [-0.05, 0) is 13.8 Å². The van der Waals surface area contributed by atoms with Crippen LogP contribution in [0.4, 0.5) is 0 Å². The van der Waals surface area contributed by atoms with Gasteiger partial charge in [-0.25, -0.2) is 4.98 Å². The van der Waals surface area contributed by atoms with Crippen LogP contribution in [0, 0.1) is 0 Å². The average Bonchev–Trinajstić information content (AvgIpc) is 2.83. The van der Waals surface area contributed by atoms with E-state index >= 15 is 0 Å². The second-order valence-corrected chi connectivity index (χ2v) is 3.84. The van der Waals surface area contributed by atoms with Gasteiger partial charge in [-0.3, -0.25) is 9.36 Å². The number of hydrogen-bond donors (Lipinski definition) is 0. The van der Waals surface area contributed by atoms with E-state index in [1.807, 2.05) is 17.9 Å². The van der Waals surface area contributed by atoms with Crippen molar-refractivity contribution in [3.63, 3.8) is 0 Å². The number of aromatic nitrogens is 5. The van der Waals surface area contributed by atoms with Crippen molar-refractivity contribution in [3.05, 3.63) is 24.5 Å². The van der Waals surface area contributed by atoms with Gasteiger partial charge in [0.25, 0.3) is 0 Å². The third kappa shape index (κ3) is 2.21. The molecule has 2 heterocycles. The summed E-state index contributed by atoms with van der Waals surface area (Å²) in [7, 11) is 1.84. The Labute approximate surface area is 93.9 Å². The van der Waals surface area contributed by atoms with Gasteiger partial charge in [-0.2, -0.15) is 10.2 Å². The fourth-order valence-corrected chi connectivity index (χ4v) is 1.28. The molecule has 0 aliphatic heterocycles. The summed E-state index contributed by atoms with van der Waals surface area (Å²) >= 11 is 0. The first-order chi connectivity index (χ1) is 7.66. The van der Waals surface area contributed by atoms with Gasteiger partial charge in [0.1, 0.15) is 12.9 Å². The summed E-state index contributed by atoms with van der Waals surface area (Å²) in [5.41, 5.74) is 0. The Hall–Kier alpha value is -1.85. The monoisotopic (exact) mass is 221 g/mol. The molecule has 0 aliphatic carbocycles. The Morgan fingerprint density at radius 3 is 2.75 bits per heavy atom. The molecule has 6 nitrogen and oxygen atoms in total. The molecule has 0 aromatic carbocycles. The number of nitrogens with zero attached hydrogens (tertiary/aromatic N) is 5. The van der Waals surface area contributed by atoms with Gasteiger partial charge in [0, 0.05) is 13.1 Å². The predicted molar refractivity (Wildman–Crippen MR) is 57.9 cm³/mol. The van der Waals surface area contributed by atoms with Crippen molar-refractivity contribution in [3.8, 4) is 5.75 Å². The molecule has 2 rings (SSSR count). The smallest absolute Gasteiger partial charge is 0.164 e. The number of ether oxygens (including phenoxy) is 1. The lowest BCUT2D eigenvalue weighted by atomic mass is 10.4. The second-order valence-electron chi connectivity index (χ2n) is 3.84. The van der Waals surface area contributed by atoms with Crippen LogP contribution in [-0.2, 0) is 13.7 Å². The van der Waals surface area contributed by atoms with Gasteiger partial charge >= 0.3 is 0 Å². The first kappa shape index (κ1) is 10.7. The third-order valence-corrected chi connectivity index (χ3v) is 2.28. The standard InChI is InChI=1S/C10H15N5O/c1-8(2)15-5-9(4-12-15)16-6-10-11-7-13-14(10)3/h4-5,7-8H,6H2,1-3H3. The van der Waals surface area contributed by atoms with E-state index in [0.29, 0.717) is 12.6 Å². The van der Waals surface area contributed by atoms with Gasteiger partial charge in [0.15, 0.2) is 11.6 Å².